The van der Waals surface area contributed by atoms with Gasteiger partial charge in [0.15, 0.2) is 17.3 Å². The molecule has 0 spiro atoms. The van der Waals surface area contributed by atoms with Crippen molar-refractivity contribution < 1.29 is 18.8 Å². The summed E-state index contributed by atoms with van der Waals surface area (Å²) in [5.41, 5.74) is 2.96. The van der Waals surface area contributed by atoms with Gasteiger partial charge in [0, 0.05) is 35.6 Å². The Labute approximate surface area is 176 Å². The zero-order chi connectivity index (χ0) is 21.3. The highest BCUT2D eigenvalue weighted by Gasteiger charge is 2.30. The molecule has 1 saturated heterocycles. The molecule has 2 aromatic rings. The van der Waals surface area contributed by atoms with Gasteiger partial charge in [-0.2, -0.15) is 0 Å². The number of halogens is 1. The SMILES string of the molecule is CC(=O)c1ccc2c(c1)CC(CN1CCC(C(=O)c3ccc(F)cc3)CC1)CC2=O. The molecule has 1 fully saturated rings. The number of hydrogen-bond donors (Lipinski definition) is 0. The van der Waals surface area contributed by atoms with E-state index in [-0.39, 0.29) is 35.0 Å². The molecule has 156 valence electrons. The highest BCUT2D eigenvalue weighted by atomic mass is 19.1. The summed E-state index contributed by atoms with van der Waals surface area (Å²) in [6.45, 7) is 4.01. The van der Waals surface area contributed by atoms with Crippen molar-refractivity contribution in [2.75, 3.05) is 19.6 Å². The van der Waals surface area contributed by atoms with E-state index in [1.807, 2.05) is 6.07 Å². The monoisotopic (exact) mass is 407 g/mol. The number of piperidine rings is 1. The first-order valence-electron chi connectivity index (χ1n) is 10.6. The van der Waals surface area contributed by atoms with Crippen molar-refractivity contribution in [1.29, 1.82) is 0 Å². The molecular weight excluding hydrogens is 381 g/mol. The Balaban J connectivity index is 1.35. The van der Waals surface area contributed by atoms with Crippen molar-refractivity contribution in [2.24, 2.45) is 11.8 Å². The summed E-state index contributed by atoms with van der Waals surface area (Å²) in [5.74, 6) is 0.127. The second kappa shape index (κ2) is 8.60. The third kappa shape index (κ3) is 4.41. The second-order valence-electron chi connectivity index (χ2n) is 8.57. The van der Waals surface area contributed by atoms with Crippen molar-refractivity contribution in [2.45, 2.75) is 32.6 Å². The molecule has 0 saturated carbocycles. The average Bonchev–Trinajstić information content (AvgIpc) is 2.74. The van der Waals surface area contributed by atoms with Crippen molar-refractivity contribution in [3.8, 4) is 0 Å². The lowest BCUT2D eigenvalue weighted by Gasteiger charge is -2.35. The molecule has 1 aliphatic heterocycles. The number of carbonyl (C=O) groups excluding carboxylic acids is 3. The van der Waals surface area contributed by atoms with Crippen molar-refractivity contribution in [3.63, 3.8) is 0 Å². The van der Waals surface area contributed by atoms with Crippen molar-refractivity contribution in [1.82, 2.24) is 4.90 Å². The summed E-state index contributed by atoms with van der Waals surface area (Å²) in [4.78, 5) is 39.2. The molecule has 0 aromatic heterocycles. The predicted molar refractivity (Wildman–Crippen MR) is 112 cm³/mol. The number of benzene rings is 2. The van der Waals surface area contributed by atoms with Crippen LogP contribution in [-0.4, -0.2) is 41.9 Å². The Morgan fingerprint density at radius 3 is 2.33 bits per heavy atom. The molecule has 1 unspecified atom stereocenters. The first-order chi connectivity index (χ1) is 14.4. The van der Waals surface area contributed by atoms with Crippen LogP contribution >= 0.6 is 0 Å². The zero-order valence-electron chi connectivity index (χ0n) is 17.2. The highest BCUT2D eigenvalue weighted by molar-refractivity contribution is 6.01. The summed E-state index contributed by atoms with van der Waals surface area (Å²) >= 11 is 0. The van der Waals surface area contributed by atoms with E-state index >= 15 is 0 Å². The van der Waals surface area contributed by atoms with Crippen LogP contribution in [-0.2, 0) is 6.42 Å². The summed E-state index contributed by atoms with van der Waals surface area (Å²) in [6, 6.07) is 11.2. The van der Waals surface area contributed by atoms with Crippen LogP contribution < -0.4 is 0 Å². The van der Waals surface area contributed by atoms with Gasteiger partial charge in [0.25, 0.3) is 0 Å². The number of hydrogen-bond acceptors (Lipinski definition) is 4. The Morgan fingerprint density at radius 1 is 1.00 bits per heavy atom. The first kappa shape index (κ1) is 20.6. The number of Topliss-reactive ketones (excluding diaryl/α,β-unsaturated/α-hetero) is 3. The fourth-order valence-corrected chi connectivity index (χ4v) is 4.73. The van der Waals surface area contributed by atoms with Gasteiger partial charge in [0.1, 0.15) is 5.82 Å². The van der Waals surface area contributed by atoms with Crippen LogP contribution in [0.5, 0.6) is 0 Å². The fraction of sp³-hybridized carbons (Fsp3) is 0.400. The molecule has 5 heteroatoms. The van der Waals surface area contributed by atoms with E-state index in [1.165, 1.54) is 12.1 Å². The molecule has 0 bridgehead atoms. The van der Waals surface area contributed by atoms with Crippen LogP contribution in [0.25, 0.3) is 0 Å². The van der Waals surface area contributed by atoms with Crippen LogP contribution in [0.3, 0.4) is 0 Å². The molecule has 1 atom stereocenters. The van der Waals surface area contributed by atoms with Gasteiger partial charge in [-0.1, -0.05) is 12.1 Å². The number of fused-ring (bicyclic) bond motifs is 1. The largest absolute Gasteiger partial charge is 0.303 e. The molecule has 0 radical (unpaired) electrons. The van der Waals surface area contributed by atoms with Gasteiger partial charge in [-0.25, -0.2) is 4.39 Å². The summed E-state index contributed by atoms with van der Waals surface area (Å²) in [5, 5.41) is 0. The van der Waals surface area contributed by atoms with Gasteiger partial charge in [-0.05, 0) is 81.1 Å². The van der Waals surface area contributed by atoms with E-state index in [1.54, 1.807) is 31.2 Å². The number of carbonyl (C=O) groups is 3. The Morgan fingerprint density at radius 2 is 1.67 bits per heavy atom. The third-order valence-electron chi connectivity index (χ3n) is 6.40. The van der Waals surface area contributed by atoms with Gasteiger partial charge >= 0.3 is 0 Å². The lowest BCUT2D eigenvalue weighted by Crippen LogP contribution is -2.40. The van der Waals surface area contributed by atoms with Crippen molar-refractivity contribution in [3.05, 3.63) is 70.5 Å². The molecule has 4 rings (SSSR count). The Kier molecular flexibility index (Phi) is 5.91. The molecule has 2 aromatic carbocycles. The maximum Gasteiger partial charge on any atom is 0.166 e. The van der Waals surface area contributed by atoms with E-state index in [0.717, 1.165) is 50.0 Å². The number of likely N-dealkylation sites (tertiary alicyclic amines) is 1. The minimum Gasteiger partial charge on any atom is -0.303 e. The minimum absolute atomic E-state index is 0.0141. The lowest BCUT2D eigenvalue weighted by molar-refractivity contribution is 0.0812. The second-order valence-corrected chi connectivity index (χ2v) is 8.57. The number of nitrogens with zero attached hydrogens (tertiary/aromatic N) is 1. The zero-order valence-corrected chi connectivity index (χ0v) is 17.2. The van der Waals surface area contributed by atoms with Gasteiger partial charge in [0.2, 0.25) is 0 Å². The van der Waals surface area contributed by atoms with Crippen LogP contribution in [0.2, 0.25) is 0 Å². The molecule has 0 N–H and O–H groups in total. The van der Waals surface area contributed by atoms with E-state index in [2.05, 4.69) is 4.90 Å². The molecule has 4 nitrogen and oxygen atoms in total. The predicted octanol–water partition coefficient (Wildman–Crippen LogP) is 4.37. The molecule has 0 amide bonds. The molecule has 2 aliphatic rings. The highest BCUT2D eigenvalue weighted by Crippen LogP contribution is 2.29. The number of ketones is 3. The molecule has 1 aliphatic carbocycles. The maximum absolute atomic E-state index is 13.1. The Bertz CT molecular complexity index is 974. The van der Waals surface area contributed by atoms with E-state index < -0.39 is 0 Å². The van der Waals surface area contributed by atoms with E-state index in [4.69, 9.17) is 0 Å². The minimum atomic E-state index is -0.333. The standard InChI is InChI=1S/C25H26FNO3/c1-16(28)20-4-7-23-21(14-20)12-17(13-24(23)29)15-27-10-8-19(9-11-27)25(30)18-2-5-22(26)6-3-18/h2-7,14,17,19H,8-13,15H2,1H3. The third-order valence-corrected chi connectivity index (χ3v) is 6.40. The quantitative estimate of drug-likeness (QED) is 0.691. The Hall–Kier alpha value is -2.66. The maximum atomic E-state index is 13.1. The van der Waals surface area contributed by atoms with Gasteiger partial charge < -0.3 is 4.90 Å². The smallest absolute Gasteiger partial charge is 0.166 e. The van der Waals surface area contributed by atoms with Gasteiger partial charge in [-0.3, -0.25) is 14.4 Å². The fourth-order valence-electron chi connectivity index (χ4n) is 4.73. The normalized spacial score (nSPS) is 20.1. The summed E-state index contributed by atoms with van der Waals surface area (Å²) < 4.78 is 13.1. The van der Waals surface area contributed by atoms with Crippen LogP contribution in [0.1, 0.15) is 62.8 Å². The van der Waals surface area contributed by atoms with E-state index in [9.17, 15) is 18.8 Å². The van der Waals surface area contributed by atoms with Gasteiger partial charge in [0.05, 0.1) is 0 Å². The number of rotatable bonds is 5. The van der Waals surface area contributed by atoms with E-state index in [0.29, 0.717) is 17.5 Å². The van der Waals surface area contributed by atoms with Crippen LogP contribution in [0.4, 0.5) is 4.39 Å². The summed E-state index contributed by atoms with van der Waals surface area (Å²) in [7, 11) is 0. The molecule has 1 heterocycles. The van der Waals surface area contributed by atoms with Crippen molar-refractivity contribution >= 4 is 17.3 Å². The molecular formula is C25H26FNO3. The topological polar surface area (TPSA) is 54.5 Å². The van der Waals surface area contributed by atoms with Crippen LogP contribution in [0.15, 0.2) is 42.5 Å². The molecule has 30 heavy (non-hydrogen) atoms. The lowest BCUT2D eigenvalue weighted by atomic mass is 9.81. The van der Waals surface area contributed by atoms with Gasteiger partial charge in [-0.15, -0.1) is 0 Å². The first-order valence-corrected chi connectivity index (χ1v) is 10.6. The van der Waals surface area contributed by atoms with Crippen LogP contribution in [0, 0.1) is 17.7 Å². The average molecular weight is 407 g/mol. The summed E-state index contributed by atoms with van der Waals surface area (Å²) in [6.07, 6.45) is 2.89.